The predicted molar refractivity (Wildman–Crippen MR) is 140 cm³/mol. The van der Waals surface area contributed by atoms with Crippen LogP contribution in [0.25, 0.3) is 0 Å². The Kier molecular flexibility index (Phi) is 6.66. The molecule has 2 aromatic rings. The normalized spacial score (nSPS) is 23.4. The van der Waals surface area contributed by atoms with Gasteiger partial charge >= 0.3 is 0 Å². The Morgan fingerprint density at radius 2 is 1.71 bits per heavy atom. The third-order valence-corrected chi connectivity index (χ3v) is 9.91. The number of carbonyl (C=O) groups excluding carboxylic acids is 1. The van der Waals surface area contributed by atoms with E-state index in [2.05, 4.69) is 34.9 Å². The topological polar surface area (TPSA) is 60.9 Å². The molecular weight excluding hydrogens is 458 g/mol. The molecule has 188 valence electrons. The number of benzene rings is 2. The first-order valence-corrected chi connectivity index (χ1v) is 14.6. The summed E-state index contributed by atoms with van der Waals surface area (Å²) in [6.45, 7) is 8.68. The van der Waals surface area contributed by atoms with Crippen LogP contribution in [0.5, 0.6) is 0 Å². The summed E-state index contributed by atoms with van der Waals surface area (Å²) in [4.78, 5) is 18.5. The van der Waals surface area contributed by atoms with E-state index < -0.39 is 10.0 Å². The summed E-state index contributed by atoms with van der Waals surface area (Å²) >= 11 is 0. The molecule has 0 radical (unpaired) electrons. The van der Waals surface area contributed by atoms with Crippen LogP contribution in [0, 0.1) is 6.92 Å². The number of fused-ring (bicyclic) bond motifs is 3. The molecule has 1 saturated carbocycles. The minimum absolute atomic E-state index is 0.0188. The Morgan fingerprint density at radius 3 is 2.40 bits per heavy atom. The molecule has 1 amide bonds. The number of aryl methyl sites for hydroxylation is 1. The number of anilines is 1. The summed E-state index contributed by atoms with van der Waals surface area (Å²) < 4.78 is 27.8. The molecule has 2 heterocycles. The highest BCUT2D eigenvalue weighted by Crippen LogP contribution is 2.50. The summed E-state index contributed by atoms with van der Waals surface area (Å²) in [5.41, 5.74) is 4.67. The maximum atomic E-state index is 13.7. The Bertz CT molecular complexity index is 1190. The molecule has 1 saturated heterocycles. The highest BCUT2D eigenvalue weighted by molar-refractivity contribution is 7.89. The van der Waals surface area contributed by atoms with Gasteiger partial charge in [-0.3, -0.25) is 4.79 Å². The average Bonchev–Trinajstić information content (AvgIpc) is 3.18. The van der Waals surface area contributed by atoms with Crippen LogP contribution in [0.1, 0.15) is 73.4 Å². The van der Waals surface area contributed by atoms with Crippen molar-refractivity contribution in [1.82, 2.24) is 9.21 Å². The van der Waals surface area contributed by atoms with E-state index in [4.69, 9.17) is 0 Å². The highest BCUT2D eigenvalue weighted by atomic mass is 32.2. The molecule has 3 aliphatic rings. The molecule has 2 aliphatic heterocycles. The molecule has 7 heteroatoms. The van der Waals surface area contributed by atoms with Crippen molar-refractivity contribution >= 4 is 21.6 Å². The lowest BCUT2D eigenvalue weighted by Crippen LogP contribution is -2.62. The first kappa shape index (κ1) is 24.3. The number of sulfonamides is 1. The van der Waals surface area contributed by atoms with Gasteiger partial charge < -0.3 is 9.80 Å². The van der Waals surface area contributed by atoms with Gasteiger partial charge in [0.15, 0.2) is 0 Å². The molecule has 1 aliphatic carbocycles. The van der Waals surface area contributed by atoms with E-state index in [0.717, 1.165) is 32.2 Å². The van der Waals surface area contributed by atoms with Gasteiger partial charge in [-0.25, -0.2) is 8.42 Å². The van der Waals surface area contributed by atoms with Crippen LogP contribution < -0.4 is 4.90 Å². The standard InChI is InChI=1S/C28H37N3O3S/c1-4-15-29(16-5-2)35(33,34)22-12-10-21(11-13-22)28(32)31-18-17-30-25-14-9-20(3)19-24(25)23-7-6-8-26(31)27(23)30/h9-14,19,23,26-27H,4-8,15-18H2,1-3H3/t23-,26+,27-/m1/s1. The molecular formula is C28H37N3O3S. The quantitative estimate of drug-likeness (QED) is 0.554. The van der Waals surface area contributed by atoms with Crippen molar-refractivity contribution < 1.29 is 13.2 Å². The van der Waals surface area contributed by atoms with Crippen molar-refractivity contribution in [1.29, 1.82) is 0 Å². The largest absolute Gasteiger partial charge is 0.364 e. The number of carbonyl (C=O) groups is 1. The van der Waals surface area contributed by atoms with Crippen molar-refractivity contribution in [2.75, 3.05) is 31.1 Å². The van der Waals surface area contributed by atoms with Gasteiger partial charge in [-0.15, -0.1) is 0 Å². The van der Waals surface area contributed by atoms with E-state index in [9.17, 15) is 13.2 Å². The van der Waals surface area contributed by atoms with Gasteiger partial charge in [-0.2, -0.15) is 4.31 Å². The molecule has 5 rings (SSSR count). The fraction of sp³-hybridized carbons (Fsp3) is 0.536. The Morgan fingerprint density at radius 1 is 1.00 bits per heavy atom. The number of hydrogen-bond donors (Lipinski definition) is 0. The van der Waals surface area contributed by atoms with Gasteiger partial charge in [0.1, 0.15) is 0 Å². The molecule has 2 fully saturated rings. The summed E-state index contributed by atoms with van der Waals surface area (Å²) in [6, 6.07) is 13.9. The first-order chi connectivity index (χ1) is 16.9. The van der Waals surface area contributed by atoms with E-state index in [1.165, 1.54) is 23.2 Å². The number of hydrogen-bond acceptors (Lipinski definition) is 4. The second-order valence-corrected chi connectivity index (χ2v) is 12.2. The number of piperazine rings is 1. The van der Waals surface area contributed by atoms with E-state index in [-0.39, 0.29) is 16.8 Å². The number of rotatable bonds is 7. The molecule has 6 nitrogen and oxygen atoms in total. The minimum Gasteiger partial charge on any atom is -0.364 e. The van der Waals surface area contributed by atoms with Crippen LogP contribution in [-0.2, 0) is 10.0 Å². The zero-order valence-corrected chi connectivity index (χ0v) is 21.9. The third-order valence-electron chi connectivity index (χ3n) is 8.00. The third kappa shape index (κ3) is 4.16. The fourth-order valence-corrected chi connectivity index (χ4v) is 8.12. The molecule has 3 atom stereocenters. The van der Waals surface area contributed by atoms with E-state index in [0.29, 0.717) is 37.2 Å². The van der Waals surface area contributed by atoms with E-state index in [1.54, 1.807) is 28.6 Å². The molecule has 0 N–H and O–H groups in total. The lowest BCUT2D eigenvalue weighted by Gasteiger charge is -2.49. The van der Waals surface area contributed by atoms with Crippen molar-refractivity contribution in [3.05, 3.63) is 59.2 Å². The highest BCUT2D eigenvalue weighted by Gasteiger charge is 2.50. The predicted octanol–water partition coefficient (Wildman–Crippen LogP) is 4.79. The van der Waals surface area contributed by atoms with Crippen LogP contribution in [-0.4, -0.2) is 61.8 Å². The summed E-state index contributed by atoms with van der Waals surface area (Å²) in [5.74, 6) is 0.500. The summed E-state index contributed by atoms with van der Waals surface area (Å²) in [5, 5.41) is 0. The van der Waals surface area contributed by atoms with Crippen LogP contribution in [0.4, 0.5) is 5.69 Å². The molecule has 2 aromatic carbocycles. The first-order valence-electron chi connectivity index (χ1n) is 13.1. The average molecular weight is 496 g/mol. The smallest absolute Gasteiger partial charge is 0.254 e. The van der Waals surface area contributed by atoms with Gasteiger partial charge in [-0.1, -0.05) is 38.0 Å². The van der Waals surface area contributed by atoms with Crippen molar-refractivity contribution in [3.8, 4) is 0 Å². The van der Waals surface area contributed by atoms with Gasteiger partial charge in [0, 0.05) is 43.3 Å². The SMILES string of the molecule is CCCN(CCC)S(=O)(=O)c1ccc(C(=O)N2CCN3c4ccc(C)cc4[C@H]4CCC[C@H]2[C@@H]43)cc1. The molecule has 0 aromatic heterocycles. The van der Waals surface area contributed by atoms with Gasteiger partial charge in [0.05, 0.1) is 17.0 Å². The molecule has 35 heavy (non-hydrogen) atoms. The van der Waals surface area contributed by atoms with E-state index >= 15 is 0 Å². The number of amides is 1. The Labute approximate surface area is 210 Å². The van der Waals surface area contributed by atoms with Crippen LogP contribution in [0.3, 0.4) is 0 Å². The zero-order valence-electron chi connectivity index (χ0n) is 21.1. The molecule has 0 bridgehead atoms. The van der Waals surface area contributed by atoms with Crippen molar-refractivity contribution in [3.63, 3.8) is 0 Å². The second-order valence-electron chi connectivity index (χ2n) is 10.3. The van der Waals surface area contributed by atoms with Crippen molar-refractivity contribution in [2.45, 2.75) is 75.8 Å². The van der Waals surface area contributed by atoms with Crippen molar-refractivity contribution in [2.24, 2.45) is 0 Å². The van der Waals surface area contributed by atoms with Crippen LogP contribution >= 0.6 is 0 Å². The summed E-state index contributed by atoms with van der Waals surface area (Å²) in [6.07, 6.45) is 4.86. The molecule has 0 unspecified atom stereocenters. The lowest BCUT2D eigenvalue weighted by molar-refractivity contribution is 0.0532. The Hall–Kier alpha value is -2.38. The fourth-order valence-electron chi connectivity index (χ4n) is 6.49. The van der Waals surface area contributed by atoms with E-state index in [1.807, 2.05) is 13.8 Å². The minimum atomic E-state index is -3.55. The van der Waals surface area contributed by atoms with Gasteiger partial charge in [0.25, 0.3) is 5.91 Å². The zero-order chi connectivity index (χ0) is 24.7. The summed E-state index contributed by atoms with van der Waals surface area (Å²) in [7, 11) is -3.55. The second kappa shape index (κ2) is 9.58. The van der Waals surface area contributed by atoms with Gasteiger partial charge in [0.2, 0.25) is 10.0 Å². The maximum Gasteiger partial charge on any atom is 0.254 e. The number of nitrogens with zero attached hydrogens (tertiary/aromatic N) is 3. The van der Waals surface area contributed by atoms with Crippen LogP contribution in [0.15, 0.2) is 47.4 Å². The Balaban J connectivity index is 1.37. The molecule has 0 spiro atoms. The lowest BCUT2D eigenvalue weighted by atomic mass is 9.77. The maximum absolute atomic E-state index is 13.7. The monoisotopic (exact) mass is 495 g/mol. The van der Waals surface area contributed by atoms with Crippen LogP contribution in [0.2, 0.25) is 0 Å². The van der Waals surface area contributed by atoms with Gasteiger partial charge in [-0.05, 0) is 68.5 Å².